The van der Waals surface area contributed by atoms with Gasteiger partial charge < -0.3 is 20.5 Å². The third-order valence-electron chi connectivity index (χ3n) is 3.91. The lowest BCUT2D eigenvalue weighted by molar-refractivity contribution is 0.0697. The number of benzene rings is 1. The molecule has 0 bridgehead atoms. The molecule has 3 rings (SSSR count). The van der Waals surface area contributed by atoms with Crippen molar-refractivity contribution in [2.45, 2.75) is 31.4 Å². The van der Waals surface area contributed by atoms with Crippen LogP contribution in [0.2, 0.25) is 0 Å². The van der Waals surface area contributed by atoms with Crippen LogP contribution in [0, 0.1) is 5.92 Å². The Morgan fingerprint density at radius 1 is 1.24 bits per heavy atom. The van der Waals surface area contributed by atoms with Gasteiger partial charge in [0.2, 0.25) is 0 Å². The second kappa shape index (κ2) is 5.73. The summed E-state index contributed by atoms with van der Waals surface area (Å²) < 4.78 is 5.67. The van der Waals surface area contributed by atoms with Gasteiger partial charge in [0.15, 0.2) is 0 Å². The van der Waals surface area contributed by atoms with Gasteiger partial charge in [-0.3, -0.25) is 0 Å². The van der Waals surface area contributed by atoms with Gasteiger partial charge in [0, 0.05) is 12.3 Å². The van der Waals surface area contributed by atoms with E-state index in [9.17, 15) is 9.59 Å². The predicted octanol–water partition coefficient (Wildman–Crippen LogP) is 2.07. The van der Waals surface area contributed by atoms with Crippen molar-refractivity contribution in [2.75, 3.05) is 11.9 Å². The number of ether oxygens (including phenoxy) is 1. The topological polar surface area (TPSA) is 87.7 Å². The lowest BCUT2D eigenvalue weighted by Crippen LogP contribution is -2.43. The van der Waals surface area contributed by atoms with Crippen LogP contribution in [-0.2, 0) is 4.74 Å². The standard InChI is InChI=1S/C15H18N2O4/c18-14(19)10-2-1-3-11(8-10)16-15(20)17-12-6-7-21-13(12)9-4-5-9/h1-3,8-9,12-13H,4-7H2,(H,18,19)(H2,16,17,20). The Morgan fingerprint density at radius 3 is 2.76 bits per heavy atom. The quantitative estimate of drug-likeness (QED) is 0.792. The van der Waals surface area contributed by atoms with Crippen LogP contribution in [0.15, 0.2) is 24.3 Å². The number of anilines is 1. The summed E-state index contributed by atoms with van der Waals surface area (Å²) in [6.45, 7) is 0.681. The Hall–Kier alpha value is -2.08. The average Bonchev–Trinajstić information content (AvgIpc) is 3.19. The summed E-state index contributed by atoms with van der Waals surface area (Å²) in [6, 6.07) is 5.91. The second-order valence-electron chi connectivity index (χ2n) is 5.55. The monoisotopic (exact) mass is 290 g/mol. The number of amides is 2. The van der Waals surface area contributed by atoms with Crippen LogP contribution >= 0.6 is 0 Å². The third kappa shape index (κ3) is 3.33. The van der Waals surface area contributed by atoms with Crippen molar-refractivity contribution < 1.29 is 19.4 Å². The molecule has 1 aromatic rings. The molecule has 2 fully saturated rings. The Balaban J connectivity index is 1.58. The van der Waals surface area contributed by atoms with Gasteiger partial charge in [0.1, 0.15) is 0 Å². The summed E-state index contributed by atoms with van der Waals surface area (Å²) in [5.41, 5.74) is 0.613. The van der Waals surface area contributed by atoms with Gasteiger partial charge in [-0.25, -0.2) is 9.59 Å². The van der Waals surface area contributed by atoms with E-state index in [0.717, 1.165) is 6.42 Å². The fourth-order valence-electron chi connectivity index (χ4n) is 2.72. The highest BCUT2D eigenvalue weighted by molar-refractivity contribution is 5.93. The molecule has 2 atom stereocenters. The number of nitrogens with one attached hydrogen (secondary N) is 2. The zero-order chi connectivity index (χ0) is 14.8. The molecule has 1 aliphatic carbocycles. The summed E-state index contributed by atoms with van der Waals surface area (Å²) in [6.07, 6.45) is 3.29. The summed E-state index contributed by atoms with van der Waals surface area (Å²) in [5.74, 6) is -0.440. The van der Waals surface area contributed by atoms with E-state index in [2.05, 4.69) is 10.6 Å². The van der Waals surface area contributed by atoms with Crippen LogP contribution in [0.5, 0.6) is 0 Å². The van der Waals surface area contributed by atoms with Crippen LogP contribution in [0.3, 0.4) is 0 Å². The molecule has 1 heterocycles. The third-order valence-corrected chi connectivity index (χ3v) is 3.91. The number of urea groups is 1. The van der Waals surface area contributed by atoms with E-state index >= 15 is 0 Å². The first kappa shape index (κ1) is 13.9. The normalized spacial score (nSPS) is 24.6. The maximum atomic E-state index is 12.0. The van der Waals surface area contributed by atoms with Gasteiger partial charge in [-0.2, -0.15) is 0 Å². The summed E-state index contributed by atoms with van der Waals surface area (Å²) in [4.78, 5) is 22.9. The Bertz CT molecular complexity index is 556. The number of carbonyl (C=O) groups excluding carboxylic acids is 1. The molecule has 2 aliphatic rings. The SMILES string of the molecule is O=C(Nc1cccc(C(=O)O)c1)NC1CCOC1C1CC1. The zero-order valence-corrected chi connectivity index (χ0v) is 11.5. The number of carboxylic acids is 1. The zero-order valence-electron chi connectivity index (χ0n) is 11.5. The first-order chi connectivity index (χ1) is 10.1. The fraction of sp³-hybridized carbons (Fsp3) is 0.467. The fourth-order valence-corrected chi connectivity index (χ4v) is 2.72. The largest absolute Gasteiger partial charge is 0.478 e. The van der Waals surface area contributed by atoms with E-state index in [-0.39, 0.29) is 23.7 Å². The number of carbonyl (C=O) groups is 2. The first-order valence-corrected chi connectivity index (χ1v) is 7.16. The van der Waals surface area contributed by atoms with E-state index in [0.29, 0.717) is 18.2 Å². The molecule has 0 aromatic heterocycles. The van der Waals surface area contributed by atoms with Crippen LogP contribution in [-0.4, -0.2) is 35.9 Å². The minimum atomic E-state index is -1.02. The van der Waals surface area contributed by atoms with Crippen molar-refractivity contribution in [1.29, 1.82) is 0 Å². The molecule has 1 aromatic carbocycles. The van der Waals surface area contributed by atoms with E-state index in [4.69, 9.17) is 9.84 Å². The number of aromatic carboxylic acids is 1. The molecule has 1 saturated carbocycles. The van der Waals surface area contributed by atoms with Gasteiger partial charge in [0.25, 0.3) is 0 Å². The van der Waals surface area contributed by atoms with Gasteiger partial charge >= 0.3 is 12.0 Å². The minimum absolute atomic E-state index is 0.0418. The molecule has 1 saturated heterocycles. The van der Waals surface area contributed by atoms with Crippen molar-refractivity contribution in [3.05, 3.63) is 29.8 Å². The van der Waals surface area contributed by atoms with E-state index < -0.39 is 5.97 Å². The maximum absolute atomic E-state index is 12.0. The summed E-state index contributed by atoms with van der Waals surface area (Å²) in [7, 11) is 0. The Labute approximate surface area is 122 Å². The predicted molar refractivity (Wildman–Crippen MR) is 76.4 cm³/mol. The number of hydrogen-bond acceptors (Lipinski definition) is 3. The molecule has 1 aliphatic heterocycles. The Kier molecular flexibility index (Phi) is 3.79. The van der Waals surface area contributed by atoms with E-state index in [1.54, 1.807) is 12.1 Å². The van der Waals surface area contributed by atoms with Gasteiger partial charge in [0.05, 0.1) is 17.7 Å². The molecule has 2 unspecified atom stereocenters. The van der Waals surface area contributed by atoms with E-state index in [1.807, 2.05) is 0 Å². The molecular formula is C15H18N2O4. The number of carboxylic acid groups (broad SMARTS) is 1. The summed E-state index contributed by atoms with van der Waals surface area (Å²) >= 11 is 0. The number of rotatable bonds is 4. The molecule has 2 amide bonds. The smallest absolute Gasteiger partial charge is 0.335 e. The van der Waals surface area contributed by atoms with Gasteiger partial charge in [-0.05, 0) is 43.4 Å². The van der Waals surface area contributed by atoms with E-state index in [1.165, 1.54) is 25.0 Å². The van der Waals surface area contributed by atoms with Crippen molar-refractivity contribution in [3.8, 4) is 0 Å². The molecule has 21 heavy (non-hydrogen) atoms. The molecule has 3 N–H and O–H groups in total. The van der Waals surface area contributed by atoms with Crippen LogP contribution < -0.4 is 10.6 Å². The summed E-state index contributed by atoms with van der Waals surface area (Å²) in [5, 5.41) is 14.5. The van der Waals surface area contributed by atoms with Gasteiger partial charge in [-0.1, -0.05) is 6.07 Å². The molecule has 0 radical (unpaired) electrons. The second-order valence-corrected chi connectivity index (χ2v) is 5.55. The molecule has 112 valence electrons. The van der Waals surface area contributed by atoms with Crippen molar-refractivity contribution >= 4 is 17.7 Å². The highest BCUT2D eigenvalue weighted by atomic mass is 16.5. The highest BCUT2D eigenvalue weighted by Crippen LogP contribution is 2.38. The first-order valence-electron chi connectivity index (χ1n) is 7.16. The van der Waals surface area contributed by atoms with Crippen LogP contribution in [0.4, 0.5) is 10.5 Å². The van der Waals surface area contributed by atoms with Crippen molar-refractivity contribution in [3.63, 3.8) is 0 Å². The lowest BCUT2D eigenvalue weighted by Gasteiger charge is -2.19. The maximum Gasteiger partial charge on any atom is 0.335 e. The van der Waals surface area contributed by atoms with Crippen molar-refractivity contribution in [2.24, 2.45) is 5.92 Å². The Morgan fingerprint density at radius 2 is 2.05 bits per heavy atom. The number of hydrogen-bond donors (Lipinski definition) is 3. The van der Waals surface area contributed by atoms with Gasteiger partial charge in [-0.15, -0.1) is 0 Å². The van der Waals surface area contributed by atoms with Crippen LogP contribution in [0.1, 0.15) is 29.6 Å². The van der Waals surface area contributed by atoms with Crippen molar-refractivity contribution in [1.82, 2.24) is 5.32 Å². The highest BCUT2D eigenvalue weighted by Gasteiger charge is 2.41. The molecular weight excluding hydrogens is 272 g/mol. The molecule has 0 spiro atoms. The minimum Gasteiger partial charge on any atom is -0.478 e. The average molecular weight is 290 g/mol. The molecule has 6 heteroatoms. The molecule has 6 nitrogen and oxygen atoms in total. The van der Waals surface area contributed by atoms with Crippen LogP contribution in [0.25, 0.3) is 0 Å². The lowest BCUT2D eigenvalue weighted by atomic mass is 10.1.